The lowest BCUT2D eigenvalue weighted by atomic mass is 10.0. The van der Waals surface area contributed by atoms with Gasteiger partial charge in [-0.1, -0.05) is 29.8 Å². The van der Waals surface area contributed by atoms with Crippen molar-refractivity contribution in [1.82, 2.24) is 4.90 Å². The van der Waals surface area contributed by atoms with Crippen LogP contribution in [0.4, 0.5) is 0 Å². The molecule has 1 aromatic carbocycles. The Balaban J connectivity index is 1.71. The van der Waals surface area contributed by atoms with Crippen LogP contribution < -0.4 is 0 Å². The Kier molecular flexibility index (Phi) is 6.38. The van der Waals surface area contributed by atoms with Crippen LogP contribution in [0.5, 0.6) is 0 Å². The minimum atomic E-state index is -0.770. The van der Waals surface area contributed by atoms with Crippen molar-refractivity contribution in [3.05, 3.63) is 35.4 Å². The van der Waals surface area contributed by atoms with Gasteiger partial charge in [0.15, 0.2) is 0 Å². The van der Waals surface area contributed by atoms with E-state index in [0.29, 0.717) is 6.42 Å². The third kappa shape index (κ3) is 4.53. The Morgan fingerprint density at radius 3 is 2.27 bits per heavy atom. The smallest absolute Gasteiger partial charge is 0.0851 e. The van der Waals surface area contributed by atoms with Gasteiger partial charge >= 0.3 is 0 Å². The van der Waals surface area contributed by atoms with Crippen molar-refractivity contribution in [2.45, 2.75) is 38.4 Å². The molecule has 4 heteroatoms. The summed E-state index contributed by atoms with van der Waals surface area (Å²) in [5.74, 6) is -0.0770. The van der Waals surface area contributed by atoms with Crippen LogP contribution in [0.15, 0.2) is 24.3 Å². The number of aryl methyl sites for hydroxylation is 1. The third-order valence-corrected chi connectivity index (χ3v) is 4.94. The molecule has 1 fully saturated rings. The number of likely N-dealkylation sites (N-methyl/N-ethyl adjacent to an activating group) is 1. The maximum absolute atomic E-state index is 10.0. The van der Waals surface area contributed by atoms with E-state index in [1.165, 1.54) is 11.1 Å². The zero-order valence-electron chi connectivity index (χ0n) is 13.7. The lowest BCUT2D eigenvalue weighted by molar-refractivity contribution is -0.00770. The summed E-state index contributed by atoms with van der Waals surface area (Å²) in [4.78, 5) is 2.27. The average molecular weight is 307 g/mol. The molecule has 0 aromatic heterocycles. The van der Waals surface area contributed by atoms with Crippen LogP contribution in [-0.4, -0.2) is 59.2 Å². The summed E-state index contributed by atoms with van der Waals surface area (Å²) in [6.45, 7) is 3.94. The van der Waals surface area contributed by atoms with E-state index in [1.54, 1.807) is 0 Å². The molecule has 1 aliphatic carbocycles. The fourth-order valence-corrected chi connectivity index (χ4v) is 3.27. The van der Waals surface area contributed by atoms with Gasteiger partial charge in [0.05, 0.1) is 12.2 Å². The lowest BCUT2D eigenvalue weighted by Crippen LogP contribution is -2.31. The minimum Gasteiger partial charge on any atom is -0.396 e. The number of hydrogen-bond donors (Lipinski definition) is 3. The number of hydrogen-bond acceptors (Lipinski definition) is 4. The highest BCUT2D eigenvalue weighted by molar-refractivity contribution is 5.21. The molecule has 1 aromatic rings. The summed E-state index contributed by atoms with van der Waals surface area (Å²) in [5.41, 5.74) is 2.62. The molecule has 0 unspecified atom stereocenters. The van der Waals surface area contributed by atoms with E-state index in [4.69, 9.17) is 0 Å². The maximum atomic E-state index is 10.0. The van der Waals surface area contributed by atoms with Crippen molar-refractivity contribution in [1.29, 1.82) is 0 Å². The fraction of sp³-hybridized carbons (Fsp3) is 0.667. The topological polar surface area (TPSA) is 63.9 Å². The van der Waals surface area contributed by atoms with Crippen LogP contribution >= 0.6 is 0 Å². The number of aliphatic hydroxyl groups is 3. The zero-order valence-corrected chi connectivity index (χ0v) is 13.7. The number of benzene rings is 1. The maximum Gasteiger partial charge on any atom is 0.0851 e. The molecule has 3 N–H and O–H groups in total. The van der Waals surface area contributed by atoms with Crippen LogP contribution in [0.3, 0.4) is 0 Å². The van der Waals surface area contributed by atoms with Crippen LogP contribution in [0.2, 0.25) is 0 Å². The van der Waals surface area contributed by atoms with Gasteiger partial charge in [0.2, 0.25) is 0 Å². The predicted octanol–water partition coefficient (Wildman–Crippen LogP) is 1.21. The first-order chi connectivity index (χ1) is 10.5. The van der Waals surface area contributed by atoms with Crippen molar-refractivity contribution >= 4 is 0 Å². The summed E-state index contributed by atoms with van der Waals surface area (Å²) in [6, 6.07) is 8.62. The average Bonchev–Trinajstić information content (AvgIpc) is 2.80. The monoisotopic (exact) mass is 307 g/mol. The molecule has 4 nitrogen and oxygen atoms in total. The Morgan fingerprint density at radius 1 is 1.05 bits per heavy atom. The molecule has 0 heterocycles. The Hall–Kier alpha value is -0.940. The molecule has 4 atom stereocenters. The van der Waals surface area contributed by atoms with Crippen molar-refractivity contribution in [2.75, 3.05) is 26.7 Å². The molecule has 1 saturated carbocycles. The Morgan fingerprint density at radius 2 is 1.68 bits per heavy atom. The minimum absolute atomic E-state index is 0.0437. The van der Waals surface area contributed by atoms with Gasteiger partial charge in [0.25, 0.3) is 0 Å². The van der Waals surface area contributed by atoms with E-state index >= 15 is 0 Å². The number of rotatable bonds is 7. The first-order valence-electron chi connectivity index (χ1n) is 8.22. The van der Waals surface area contributed by atoms with Crippen molar-refractivity contribution in [3.63, 3.8) is 0 Å². The second kappa shape index (κ2) is 8.06. The molecule has 0 spiro atoms. The summed E-state index contributed by atoms with van der Waals surface area (Å²) in [5, 5.41) is 29.1. The van der Waals surface area contributed by atoms with Crippen molar-refractivity contribution < 1.29 is 15.3 Å². The highest BCUT2D eigenvalue weighted by Crippen LogP contribution is 2.33. The molecule has 0 saturated heterocycles. The second-order valence-corrected chi connectivity index (χ2v) is 6.75. The highest BCUT2D eigenvalue weighted by Gasteiger charge is 2.40. The molecule has 0 bridgehead atoms. The summed E-state index contributed by atoms with van der Waals surface area (Å²) in [6.07, 6.45) is 1.13. The highest BCUT2D eigenvalue weighted by atomic mass is 16.3. The van der Waals surface area contributed by atoms with E-state index in [-0.39, 0.29) is 18.4 Å². The normalized spacial score (nSPS) is 28.5. The standard InChI is InChI=1S/C18H29NO3/c1-13-3-5-14(6-4-13)7-9-19(2)10-8-15-11-16(12-20)18(22)17(15)21/h3-6,15-18,20-22H,7-12H2,1-2H3/t15-,16-,17-,18-/m0/s1. The van der Waals surface area contributed by atoms with Gasteiger partial charge in [-0.3, -0.25) is 0 Å². The second-order valence-electron chi connectivity index (χ2n) is 6.75. The molecule has 22 heavy (non-hydrogen) atoms. The van der Waals surface area contributed by atoms with E-state index < -0.39 is 12.2 Å². The van der Waals surface area contributed by atoms with Gasteiger partial charge in [0, 0.05) is 19.1 Å². The Labute approximate surface area is 133 Å². The Bertz CT molecular complexity index is 448. The van der Waals surface area contributed by atoms with Crippen LogP contribution in [0.1, 0.15) is 24.0 Å². The number of nitrogens with zero attached hydrogens (tertiary/aromatic N) is 1. The van der Waals surface area contributed by atoms with E-state index in [1.807, 2.05) is 0 Å². The van der Waals surface area contributed by atoms with Gasteiger partial charge in [-0.2, -0.15) is 0 Å². The van der Waals surface area contributed by atoms with Gasteiger partial charge in [-0.25, -0.2) is 0 Å². The van der Waals surface area contributed by atoms with E-state index in [2.05, 4.69) is 43.1 Å². The van der Waals surface area contributed by atoms with E-state index in [9.17, 15) is 15.3 Å². The first-order valence-corrected chi connectivity index (χ1v) is 8.22. The quantitative estimate of drug-likeness (QED) is 0.708. The summed E-state index contributed by atoms with van der Waals surface area (Å²) in [7, 11) is 2.09. The van der Waals surface area contributed by atoms with Gasteiger partial charge in [0.1, 0.15) is 0 Å². The zero-order chi connectivity index (χ0) is 16.1. The van der Waals surface area contributed by atoms with Crippen LogP contribution in [0.25, 0.3) is 0 Å². The van der Waals surface area contributed by atoms with Gasteiger partial charge in [-0.05, 0) is 51.3 Å². The molecule has 0 amide bonds. The van der Waals surface area contributed by atoms with Gasteiger partial charge < -0.3 is 20.2 Å². The SMILES string of the molecule is Cc1ccc(CCN(C)CC[C@H]2C[C@@H](CO)[C@H](O)[C@H]2O)cc1. The lowest BCUT2D eigenvalue weighted by Gasteiger charge is -2.21. The molecule has 0 radical (unpaired) electrons. The molecule has 1 aliphatic rings. The summed E-state index contributed by atoms with van der Waals surface area (Å²) < 4.78 is 0. The van der Waals surface area contributed by atoms with Crippen molar-refractivity contribution in [3.8, 4) is 0 Å². The molecular weight excluding hydrogens is 278 g/mol. The largest absolute Gasteiger partial charge is 0.396 e. The molecule has 2 rings (SSSR count). The van der Waals surface area contributed by atoms with Crippen LogP contribution in [-0.2, 0) is 6.42 Å². The van der Waals surface area contributed by atoms with Crippen molar-refractivity contribution in [2.24, 2.45) is 11.8 Å². The number of aliphatic hydroxyl groups excluding tert-OH is 3. The third-order valence-electron chi connectivity index (χ3n) is 4.94. The first kappa shape index (κ1) is 17.4. The summed E-state index contributed by atoms with van der Waals surface area (Å²) >= 11 is 0. The molecular formula is C18H29NO3. The fourth-order valence-electron chi connectivity index (χ4n) is 3.27. The molecule has 0 aliphatic heterocycles. The van der Waals surface area contributed by atoms with Crippen LogP contribution in [0, 0.1) is 18.8 Å². The molecule has 124 valence electrons. The van der Waals surface area contributed by atoms with E-state index in [0.717, 1.165) is 25.9 Å². The predicted molar refractivity (Wildman–Crippen MR) is 87.7 cm³/mol. The van der Waals surface area contributed by atoms with Gasteiger partial charge in [-0.15, -0.1) is 0 Å².